The third kappa shape index (κ3) is 1.83. The van der Waals surface area contributed by atoms with Crippen molar-refractivity contribution >= 4 is 33.9 Å². The van der Waals surface area contributed by atoms with E-state index in [1.54, 1.807) is 11.3 Å². The summed E-state index contributed by atoms with van der Waals surface area (Å²) in [6.45, 7) is 4.29. The summed E-state index contributed by atoms with van der Waals surface area (Å²) in [5.41, 5.74) is 6.88. The SMILES string of the molecule is Cc1cc(I)cc(C)c1-c1cscn1. The Labute approximate surface area is 101 Å². The zero-order valence-corrected chi connectivity index (χ0v) is 11.0. The number of hydrogen-bond donors (Lipinski definition) is 0. The molecule has 0 aliphatic heterocycles. The maximum absolute atomic E-state index is 4.35. The minimum atomic E-state index is 1.10. The molecule has 0 N–H and O–H groups in total. The molecule has 0 atom stereocenters. The first kappa shape index (κ1) is 10.1. The van der Waals surface area contributed by atoms with E-state index in [0.29, 0.717) is 0 Å². The highest BCUT2D eigenvalue weighted by Crippen LogP contribution is 2.28. The quantitative estimate of drug-likeness (QED) is 0.724. The first-order valence-corrected chi connectivity index (χ1v) is 6.36. The van der Waals surface area contributed by atoms with Crippen LogP contribution in [0, 0.1) is 17.4 Å². The second-order valence-corrected chi connectivity index (χ2v) is 5.25. The second kappa shape index (κ2) is 3.98. The van der Waals surface area contributed by atoms with Crippen LogP contribution in [0.4, 0.5) is 0 Å². The van der Waals surface area contributed by atoms with E-state index in [1.807, 2.05) is 5.51 Å². The van der Waals surface area contributed by atoms with Crippen molar-refractivity contribution in [2.24, 2.45) is 0 Å². The Bertz CT molecular complexity index is 425. The first-order valence-electron chi connectivity index (χ1n) is 4.34. The van der Waals surface area contributed by atoms with Gasteiger partial charge in [-0.2, -0.15) is 0 Å². The average molecular weight is 315 g/mol. The molecule has 0 fully saturated rings. The van der Waals surface area contributed by atoms with Crippen LogP contribution in [0.15, 0.2) is 23.0 Å². The van der Waals surface area contributed by atoms with Crippen LogP contribution in [0.25, 0.3) is 11.3 Å². The Hall–Kier alpha value is -0.420. The van der Waals surface area contributed by atoms with Crippen LogP contribution in [-0.4, -0.2) is 4.98 Å². The lowest BCUT2D eigenvalue weighted by Gasteiger charge is -2.07. The third-order valence-electron chi connectivity index (χ3n) is 2.19. The molecule has 14 heavy (non-hydrogen) atoms. The molecule has 0 unspecified atom stereocenters. The molecule has 3 heteroatoms. The Morgan fingerprint density at radius 3 is 2.36 bits per heavy atom. The van der Waals surface area contributed by atoms with Crippen molar-refractivity contribution < 1.29 is 0 Å². The van der Waals surface area contributed by atoms with E-state index in [0.717, 1.165) is 5.69 Å². The fourth-order valence-electron chi connectivity index (χ4n) is 1.65. The van der Waals surface area contributed by atoms with E-state index in [-0.39, 0.29) is 0 Å². The largest absolute Gasteiger partial charge is 0.245 e. The molecule has 2 aromatic rings. The van der Waals surface area contributed by atoms with Gasteiger partial charge in [0.15, 0.2) is 0 Å². The molecule has 1 nitrogen and oxygen atoms in total. The van der Waals surface area contributed by atoms with Crippen LogP contribution in [0.2, 0.25) is 0 Å². The lowest BCUT2D eigenvalue weighted by Crippen LogP contribution is -1.89. The van der Waals surface area contributed by atoms with E-state index in [9.17, 15) is 0 Å². The number of thiazole rings is 1. The van der Waals surface area contributed by atoms with Gasteiger partial charge in [0.2, 0.25) is 0 Å². The van der Waals surface area contributed by atoms with Crippen molar-refractivity contribution in [3.63, 3.8) is 0 Å². The molecule has 0 aliphatic carbocycles. The Kier molecular flexibility index (Phi) is 2.88. The summed E-state index contributed by atoms with van der Waals surface area (Å²) in [5.74, 6) is 0. The molecule has 0 aliphatic rings. The molecule has 0 radical (unpaired) electrons. The molecule has 1 aromatic carbocycles. The number of halogens is 1. The number of aryl methyl sites for hydroxylation is 2. The van der Waals surface area contributed by atoms with E-state index < -0.39 is 0 Å². The lowest BCUT2D eigenvalue weighted by molar-refractivity contribution is 1.31. The van der Waals surface area contributed by atoms with Gasteiger partial charge in [-0.15, -0.1) is 11.3 Å². The Morgan fingerprint density at radius 2 is 1.86 bits per heavy atom. The molecule has 1 heterocycles. The van der Waals surface area contributed by atoms with Crippen LogP contribution in [-0.2, 0) is 0 Å². The summed E-state index contributed by atoms with van der Waals surface area (Å²) >= 11 is 3.99. The van der Waals surface area contributed by atoms with Gasteiger partial charge in [0.1, 0.15) is 0 Å². The minimum absolute atomic E-state index is 1.10. The van der Waals surface area contributed by atoms with Crippen molar-refractivity contribution in [3.8, 4) is 11.3 Å². The van der Waals surface area contributed by atoms with Gasteiger partial charge in [0.05, 0.1) is 11.2 Å². The standard InChI is InChI=1S/C11H10INS/c1-7-3-9(12)4-8(2)11(7)10-5-14-6-13-10/h3-6H,1-2H3. The van der Waals surface area contributed by atoms with Gasteiger partial charge >= 0.3 is 0 Å². The fourth-order valence-corrected chi connectivity index (χ4v) is 3.13. The molecule has 2 rings (SSSR count). The van der Waals surface area contributed by atoms with Gasteiger partial charge in [-0.05, 0) is 59.7 Å². The van der Waals surface area contributed by atoms with Gasteiger partial charge in [-0.25, -0.2) is 4.98 Å². The summed E-state index contributed by atoms with van der Waals surface area (Å²) in [5, 5.41) is 2.10. The predicted molar refractivity (Wildman–Crippen MR) is 69.7 cm³/mol. The molecule has 1 aromatic heterocycles. The maximum Gasteiger partial charge on any atom is 0.0816 e. The van der Waals surface area contributed by atoms with Crippen LogP contribution in [0.3, 0.4) is 0 Å². The molecular formula is C11H10INS. The smallest absolute Gasteiger partial charge is 0.0816 e. The van der Waals surface area contributed by atoms with E-state index >= 15 is 0 Å². The Morgan fingerprint density at radius 1 is 1.21 bits per heavy atom. The van der Waals surface area contributed by atoms with Crippen LogP contribution >= 0.6 is 33.9 Å². The molecule has 0 spiro atoms. The lowest BCUT2D eigenvalue weighted by atomic mass is 10.0. The van der Waals surface area contributed by atoms with Crippen molar-refractivity contribution in [2.75, 3.05) is 0 Å². The molecule has 72 valence electrons. The molecular weight excluding hydrogens is 305 g/mol. The number of rotatable bonds is 1. The summed E-state index contributed by atoms with van der Waals surface area (Å²) in [6, 6.07) is 4.39. The second-order valence-electron chi connectivity index (χ2n) is 3.29. The van der Waals surface area contributed by atoms with Gasteiger partial charge in [0.25, 0.3) is 0 Å². The van der Waals surface area contributed by atoms with Crippen molar-refractivity contribution in [2.45, 2.75) is 13.8 Å². The monoisotopic (exact) mass is 315 g/mol. The summed E-state index contributed by atoms with van der Waals surface area (Å²) < 4.78 is 1.29. The van der Waals surface area contributed by atoms with Gasteiger partial charge in [-0.3, -0.25) is 0 Å². The zero-order valence-electron chi connectivity index (χ0n) is 8.04. The average Bonchev–Trinajstić information content (AvgIpc) is 2.54. The number of benzene rings is 1. The number of aromatic nitrogens is 1. The third-order valence-corrected chi connectivity index (χ3v) is 3.40. The van der Waals surface area contributed by atoms with E-state index in [4.69, 9.17) is 0 Å². The normalized spacial score (nSPS) is 10.5. The Balaban J connectivity index is 2.64. The van der Waals surface area contributed by atoms with Crippen LogP contribution in [0.5, 0.6) is 0 Å². The highest BCUT2D eigenvalue weighted by Gasteiger charge is 2.07. The number of hydrogen-bond acceptors (Lipinski definition) is 2. The van der Waals surface area contributed by atoms with Crippen LogP contribution < -0.4 is 0 Å². The van der Waals surface area contributed by atoms with Crippen LogP contribution in [0.1, 0.15) is 11.1 Å². The molecule has 0 bridgehead atoms. The highest BCUT2D eigenvalue weighted by molar-refractivity contribution is 14.1. The molecule has 0 amide bonds. The van der Waals surface area contributed by atoms with Crippen molar-refractivity contribution in [3.05, 3.63) is 37.7 Å². The van der Waals surface area contributed by atoms with Crippen molar-refractivity contribution in [1.82, 2.24) is 4.98 Å². The van der Waals surface area contributed by atoms with Gasteiger partial charge < -0.3 is 0 Å². The number of nitrogens with zero attached hydrogens (tertiary/aromatic N) is 1. The summed E-state index contributed by atoms with van der Waals surface area (Å²) in [6.07, 6.45) is 0. The van der Waals surface area contributed by atoms with Gasteiger partial charge in [0, 0.05) is 14.5 Å². The zero-order chi connectivity index (χ0) is 10.1. The topological polar surface area (TPSA) is 12.9 Å². The van der Waals surface area contributed by atoms with E-state index in [2.05, 4.69) is 58.9 Å². The van der Waals surface area contributed by atoms with Gasteiger partial charge in [-0.1, -0.05) is 0 Å². The maximum atomic E-state index is 4.35. The molecule has 0 saturated carbocycles. The predicted octanol–water partition coefficient (Wildman–Crippen LogP) is 4.03. The summed E-state index contributed by atoms with van der Waals surface area (Å²) in [7, 11) is 0. The molecule has 0 saturated heterocycles. The fraction of sp³-hybridized carbons (Fsp3) is 0.182. The van der Waals surface area contributed by atoms with Crippen molar-refractivity contribution in [1.29, 1.82) is 0 Å². The highest BCUT2D eigenvalue weighted by atomic mass is 127. The summed E-state index contributed by atoms with van der Waals surface area (Å²) in [4.78, 5) is 4.35. The minimum Gasteiger partial charge on any atom is -0.245 e. The first-order chi connectivity index (χ1) is 6.68. The van der Waals surface area contributed by atoms with E-state index in [1.165, 1.54) is 20.3 Å².